The standard InChI is InChI=1S/C11H24O2.2C7H6O2/c1-4-6-7-10(3)9-11(12,13)8-5-2;2*8-7(9)6-4-2-1-3-5-6/h10,12-13H,4-9H2,1-3H3;2*1-5H,(H,8,9). The summed E-state index contributed by atoms with van der Waals surface area (Å²) in [7, 11) is 0. The zero-order valence-corrected chi connectivity index (χ0v) is 18.7. The third kappa shape index (κ3) is 14.9. The van der Waals surface area contributed by atoms with Crippen LogP contribution >= 0.6 is 0 Å². The molecule has 0 saturated heterocycles. The van der Waals surface area contributed by atoms with Gasteiger partial charge in [0.05, 0.1) is 11.1 Å². The number of aliphatic hydroxyl groups is 2. The summed E-state index contributed by atoms with van der Waals surface area (Å²) in [5.74, 6) is -2.77. The molecule has 0 bridgehead atoms. The number of hydrogen-bond donors (Lipinski definition) is 4. The van der Waals surface area contributed by atoms with Crippen LogP contribution in [0.15, 0.2) is 60.7 Å². The van der Waals surface area contributed by atoms with Crippen LogP contribution in [0.25, 0.3) is 0 Å². The number of unbranched alkanes of at least 4 members (excludes halogenated alkanes) is 1. The quantitative estimate of drug-likeness (QED) is 0.392. The van der Waals surface area contributed by atoms with Gasteiger partial charge in [-0.1, -0.05) is 82.9 Å². The lowest BCUT2D eigenvalue weighted by Crippen LogP contribution is -2.30. The maximum atomic E-state index is 10.2. The van der Waals surface area contributed by atoms with E-state index in [1.165, 1.54) is 12.8 Å². The van der Waals surface area contributed by atoms with E-state index in [9.17, 15) is 19.8 Å². The number of rotatable bonds is 9. The molecule has 6 heteroatoms. The monoisotopic (exact) mass is 432 g/mol. The van der Waals surface area contributed by atoms with Crippen LogP contribution < -0.4 is 0 Å². The highest BCUT2D eigenvalue weighted by Crippen LogP contribution is 2.22. The van der Waals surface area contributed by atoms with Crippen LogP contribution in [0.5, 0.6) is 0 Å². The Morgan fingerprint density at radius 3 is 1.52 bits per heavy atom. The Hall–Kier alpha value is -2.70. The summed E-state index contributed by atoms with van der Waals surface area (Å²) < 4.78 is 0. The van der Waals surface area contributed by atoms with Crippen molar-refractivity contribution in [2.75, 3.05) is 0 Å². The fourth-order valence-electron chi connectivity index (χ4n) is 2.88. The summed E-state index contributed by atoms with van der Waals surface area (Å²) in [4.78, 5) is 20.4. The molecule has 172 valence electrons. The zero-order valence-electron chi connectivity index (χ0n) is 18.7. The first-order chi connectivity index (χ1) is 14.6. The van der Waals surface area contributed by atoms with E-state index < -0.39 is 17.7 Å². The van der Waals surface area contributed by atoms with Crippen LogP contribution in [0.1, 0.15) is 80.0 Å². The van der Waals surface area contributed by atoms with E-state index >= 15 is 0 Å². The van der Waals surface area contributed by atoms with Gasteiger partial charge >= 0.3 is 11.9 Å². The number of aromatic carboxylic acids is 2. The molecule has 2 rings (SSSR count). The number of benzene rings is 2. The number of hydrogen-bond acceptors (Lipinski definition) is 4. The van der Waals surface area contributed by atoms with Crippen molar-refractivity contribution < 1.29 is 30.0 Å². The van der Waals surface area contributed by atoms with Crippen LogP contribution in [0.4, 0.5) is 0 Å². The molecule has 0 heterocycles. The molecule has 0 saturated carbocycles. The number of carboxylic acids is 2. The topological polar surface area (TPSA) is 115 Å². The van der Waals surface area contributed by atoms with E-state index in [1.54, 1.807) is 60.7 Å². The van der Waals surface area contributed by atoms with Crippen molar-refractivity contribution in [3.05, 3.63) is 71.8 Å². The third-order valence-electron chi connectivity index (χ3n) is 4.42. The predicted octanol–water partition coefficient (Wildman–Crippen LogP) is 5.45. The molecule has 0 spiro atoms. The Kier molecular flexibility index (Phi) is 14.7. The third-order valence-corrected chi connectivity index (χ3v) is 4.42. The number of carbonyl (C=O) groups is 2. The van der Waals surface area contributed by atoms with Crippen molar-refractivity contribution in [1.29, 1.82) is 0 Å². The van der Waals surface area contributed by atoms with E-state index in [2.05, 4.69) is 13.8 Å². The Bertz CT molecular complexity index is 679. The van der Waals surface area contributed by atoms with Crippen molar-refractivity contribution in [2.45, 2.75) is 65.1 Å². The lowest BCUT2D eigenvalue weighted by Gasteiger charge is -2.24. The fourth-order valence-corrected chi connectivity index (χ4v) is 2.88. The molecule has 0 aliphatic rings. The van der Waals surface area contributed by atoms with Gasteiger partial charge in [-0.05, 0) is 30.2 Å². The van der Waals surface area contributed by atoms with Crippen LogP contribution in [-0.4, -0.2) is 38.2 Å². The van der Waals surface area contributed by atoms with Gasteiger partial charge in [-0.15, -0.1) is 0 Å². The average Bonchev–Trinajstić information content (AvgIpc) is 2.74. The Morgan fingerprint density at radius 2 is 1.23 bits per heavy atom. The lowest BCUT2D eigenvalue weighted by molar-refractivity contribution is -0.177. The fraction of sp³-hybridized carbons (Fsp3) is 0.440. The molecule has 0 fully saturated rings. The van der Waals surface area contributed by atoms with Gasteiger partial charge in [-0.25, -0.2) is 9.59 Å². The molecule has 1 atom stereocenters. The molecule has 0 aromatic heterocycles. The molecule has 0 radical (unpaired) electrons. The normalized spacial score (nSPS) is 11.3. The minimum atomic E-state index is -1.43. The largest absolute Gasteiger partial charge is 0.478 e. The second kappa shape index (κ2) is 16.1. The molecule has 1 unspecified atom stereocenters. The Labute approximate surface area is 185 Å². The minimum Gasteiger partial charge on any atom is -0.478 e. The summed E-state index contributed by atoms with van der Waals surface area (Å²) in [6.45, 7) is 6.22. The molecule has 4 N–H and O–H groups in total. The highest BCUT2D eigenvalue weighted by molar-refractivity contribution is 5.87. The van der Waals surface area contributed by atoms with Crippen molar-refractivity contribution in [2.24, 2.45) is 5.92 Å². The summed E-state index contributed by atoms with van der Waals surface area (Å²) in [5.41, 5.74) is 0.662. The highest BCUT2D eigenvalue weighted by Gasteiger charge is 2.24. The minimum absolute atomic E-state index is 0.331. The van der Waals surface area contributed by atoms with Crippen LogP contribution in [0.3, 0.4) is 0 Å². The average molecular weight is 433 g/mol. The van der Waals surface area contributed by atoms with Gasteiger partial charge in [0.25, 0.3) is 0 Å². The lowest BCUT2D eigenvalue weighted by atomic mass is 9.93. The summed E-state index contributed by atoms with van der Waals surface area (Å²) in [6.07, 6.45) is 5.30. The van der Waals surface area contributed by atoms with Gasteiger partial charge < -0.3 is 20.4 Å². The van der Waals surface area contributed by atoms with Crippen LogP contribution in [-0.2, 0) is 0 Å². The van der Waals surface area contributed by atoms with Gasteiger partial charge in [0.15, 0.2) is 5.79 Å². The first-order valence-electron chi connectivity index (χ1n) is 10.6. The van der Waals surface area contributed by atoms with Crippen LogP contribution in [0.2, 0.25) is 0 Å². The van der Waals surface area contributed by atoms with E-state index in [0.29, 0.717) is 29.9 Å². The second-order valence-electron chi connectivity index (χ2n) is 7.53. The molecule has 0 aliphatic carbocycles. The van der Waals surface area contributed by atoms with Gasteiger partial charge in [0, 0.05) is 12.8 Å². The highest BCUT2D eigenvalue weighted by atomic mass is 16.5. The summed E-state index contributed by atoms with van der Waals surface area (Å²) in [5, 5.41) is 35.8. The maximum absolute atomic E-state index is 10.2. The molecule has 0 amide bonds. The van der Waals surface area contributed by atoms with Gasteiger partial charge in [-0.2, -0.15) is 0 Å². The zero-order chi connectivity index (χ0) is 23.7. The van der Waals surface area contributed by atoms with E-state index in [0.717, 1.165) is 12.8 Å². The molecule has 2 aromatic rings. The first kappa shape index (κ1) is 28.3. The molecular weight excluding hydrogens is 396 g/mol. The predicted molar refractivity (Wildman–Crippen MR) is 122 cm³/mol. The van der Waals surface area contributed by atoms with Crippen molar-refractivity contribution in [1.82, 2.24) is 0 Å². The smallest absolute Gasteiger partial charge is 0.335 e. The number of carboxylic acid groups (broad SMARTS) is 2. The Morgan fingerprint density at radius 1 is 0.806 bits per heavy atom. The SMILES string of the molecule is CCCCC(C)CC(O)(O)CCC.O=C(O)c1ccccc1.O=C(O)c1ccccc1. The second-order valence-corrected chi connectivity index (χ2v) is 7.53. The molecule has 2 aromatic carbocycles. The van der Waals surface area contributed by atoms with Crippen molar-refractivity contribution in [3.63, 3.8) is 0 Å². The van der Waals surface area contributed by atoms with Crippen molar-refractivity contribution >= 4 is 11.9 Å². The van der Waals surface area contributed by atoms with Gasteiger partial charge in [0.1, 0.15) is 0 Å². The molecule has 31 heavy (non-hydrogen) atoms. The van der Waals surface area contributed by atoms with E-state index in [1.807, 2.05) is 6.92 Å². The summed E-state index contributed by atoms with van der Waals surface area (Å²) in [6, 6.07) is 16.6. The van der Waals surface area contributed by atoms with Crippen molar-refractivity contribution in [3.8, 4) is 0 Å². The van der Waals surface area contributed by atoms with Crippen LogP contribution in [0, 0.1) is 5.92 Å². The van der Waals surface area contributed by atoms with E-state index in [-0.39, 0.29) is 0 Å². The Balaban J connectivity index is 0.000000445. The molecule has 0 aliphatic heterocycles. The molecular formula is C25H36O6. The van der Waals surface area contributed by atoms with Gasteiger partial charge in [0.2, 0.25) is 0 Å². The first-order valence-corrected chi connectivity index (χ1v) is 10.6. The maximum Gasteiger partial charge on any atom is 0.335 e. The van der Waals surface area contributed by atoms with E-state index in [4.69, 9.17) is 10.2 Å². The summed E-state index contributed by atoms with van der Waals surface area (Å²) >= 11 is 0. The van der Waals surface area contributed by atoms with Gasteiger partial charge in [-0.3, -0.25) is 0 Å². The molecule has 6 nitrogen and oxygen atoms in total.